The molecule has 0 aromatic rings. The zero-order valence-electron chi connectivity index (χ0n) is 10.0. The Morgan fingerprint density at radius 3 is 1.78 bits per heavy atom. The van der Waals surface area contributed by atoms with E-state index < -0.39 is 11.9 Å². The predicted molar refractivity (Wildman–Crippen MR) is 66.1 cm³/mol. The highest BCUT2D eigenvalue weighted by Gasteiger charge is 2.06. The minimum atomic E-state index is -1.02. The highest BCUT2D eigenvalue weighted by molar-refractivity contribution is 8.13. The van der Waals surface area contributed by atoms with E-state index >= 15 is 0 Å². The van der Waals surface area contributed by atoms with Gasteiger partial charge in [-0.2, -0.15) is 0 Å². The van der Waals surface area contributed by atoms with Crippen LogP contribution in [0.25, 0.3) is 0 Å². The fourth-order valence-corrected chi connectivity index (χ4v) is 1.28. The average molecular weight is 279 g/mol. The number of aliphatic carboxylic acids is 2. The summed E-state index contributed by atoms with van der Waals surface area (Å²) in [7, 11) is 0. The first-order chi connectivity index (χ1) is 8.29. The van der Waals surface area contributed by atoms with Crippen LogP contribution in [0.2, 0.25) is 0 Å². The van der Waals surface area contributed by atoms with E-state index in [-0.39, 0.29) is 36.0 Å². The molecule has 0 aromatic heterocycles. The molecule has 0 saturated carbocycles. The van der Waals surface area contributed by atoms with E-state index in [0.29, 0.717) is 6.42 Å². The Kier molecular flexibility index (Phi) is 12.4. The Labute approximate surface area is 109 Å². The van der Waals surface area contributed by atoms with Gasteiger partial charge in [0.15, 0.2) is 5.12 Å². The van der Waals surface area contributed by atoms with E-state index in [1.165, 1.54) is 0 Å². The van der Waals surface area contributed by atoms with Gasteiger partial charge in [-0.1, -0.05) is 18.7 Å². The summed E-state index contributed by atoms with van der Waals surface area (Å²) in [6, 6.07) is 0. The lowest BCUT2D eigenvalue weighted by molar-refractivity contribution is -0.138. The number of primary amides is 1. The van der Waals surface area contributed by atoms with Crippen molar-refractivity contribution in [2.75, 3.05) is 5.75 Å². The van der Waals surface area contributed by atoms with Gasteiger partial charge in [0.1, 0.15) is 0 Å². The summed E-state index contributed by atoms with van der Waals surface area (Å²) in [6.45, 7) is 1.72. The number of amides is 1. The van der Waals surface area contributed by atoms with Crippen LogP contribution in [0.4, 0.5) is 0 Å². The van der Waals surface area contributed by atoms with E-state index in [0.717, 1.165) is 11.8 Å². The van der Waals surface area contributed by atoms with Crippen LogP contribution >= 0.6 is 11.8 Å². The molecule has 0 atom stereocenters. The largest absolute Gasteiger partial charge is 0.481 e. The van der Waals surface area contributed by atoms with Crippen LogP contribution < -0.4 is 5.73 Å². The van der Waals surface area contributed by atoms with Crippen LogP contribution in [0.1, 0.15) is 32.6 Å². The van der Waals surface area contributed by atoms with E-state index in [1.54, 1.807) is 6.92 Å². The first-order valence-corrected chi connectivity index (χ1v) is 6.15. The second-order valence-electron chi connectivity index (χ2n) is 3.08. The van der Waals surface area contributed by atoms with Crippen molar-refractivity contribution in [1.29, 1.82) is 0 Å². The molecular weight excluding hydrogens is 262 g/mol. The average Bonchev–Trinajstić information content (AvgIpc) is 2.26. The lowest BCUT2D eigenvalue weighted by Crippen LogP contribution is -2.06. The summed E-state index contributed by atoms with van der Waals surface area (Å²) >= 11 is 0.864. The van der Waals surface area contributed by atoms with E-state index in [1.807, 2.05) is 0 Å². The maximum Gasteiger partial charge on any atom is 0.304 e. The molecule has 104 valence electrons. The minimum Gasteiger partial charge on any atom is -0.481 e. The van der Waals surface area contributed by atoms with Gasteiger partial charge in [-0.15, -0.1) is 0 Å². The summed E-state index contributed by atoms with van der Waals surface area (Å²) in [6.07, 6.45) is 0.127. The monoisotopic (exact) mass is 279 g/mol. The standard InChI is InChI=1S/C7H10O5S.C3H7NO/c8-5(9)1-2-7(12)13-4-3-6(10)11;1-2-3(4)5/h1-4H2,(H,8,9)(H,10,11);2H2,1H3,(H2,4,5). The Balaban J connectivity index is 0. The van der Waals surface area contributed by atoms with Crippen molar-refractivity contribution in [3.05, 3.63) is 0 Å². The summed E-state index contributed by atoms with van der Waals surface area (Å²) < 4.78 is 0. The molecular formula is C10H17NO6S. The van der Waals surface area contributed by atoms with Crippen molar-refractivity contribution in [2.45, 2.75) is 32.6 Å². The predicted octanol–water partition coefficient (Wildman–Crippen LogP) is 0.467. The lowest BCUT2D eigenvalue weighted by Gasteiger charge is -1.96. The third kappa shape index (κ3) is 19.9. The lowest BCUT2D eigenvalue weighted by atomic mass is 10.3. The molecule has 0 aromatic carbocycles. The number of nitrogens with two attached hydrogens (primary N) is 1. The molecule has 8 heteroatoms. The van der Waals surface area contributed by atoms with Crippen molar-refractivity contribution in [2.24, 2.45) is 5.73 Å². The zero-order valence-corrected chi connectivity index (χ0v) is 10.9. The van der Waals surface area contributed by atoms with Gasteiger partial charge in [-0.3, -0.25) is 19.2 Å². The maximum atomic E-state index is 10.8. The number of carbonyl (C=O) groups excluding carboxylic acids is 2. The van der Waals surface area contributed by atoms with Crippen LogP contribution in [0.3, 0.4) is 0 Å². The molecule has 7 nitrogen and oxygen atoms in total. The zero-order chi connectivity index (χ0) is 14.6. The molecule has 0 aliphatic carbocycles. The molecule has 0 spiro atoms. The van der Waals surface area contributed by atoms with Gasteiger partial charge in [-0.05, 0) is 0 Å². The molecule has 0 unspecified atom stereocenters. The number of carboxylic acid groups (broad SMARTS) is 2. The second-order valence-corrected chi connectivity index (χ2v) is 4.23. The maximum absolute atomic E-state index is 10.8. The molecule has 0 fully saturated rings. The van der Waals surface area contributed by atoms with Crippen LogP contribution in [0.5, 0.6) is 0 Å². The number of hydrogen-bond acceptors (Lipinski definition) is 5. The van der Waals surface area contributed by atoms with E-state index in [2.05, 4.69) is 5.73 Å². The molecule has 0 heterocycles. The number of carbonyl (C=O) groups is 4. The van der Waals surface area contributed by atoms with Gasteiger partial charge in [0.05, 0.1) is 12.8 Å². The first-order valence-electron chi connectivity index (χ1n) is 5.17. The van der Waals surface area contributed by atoms with Gasteiger partial charge in [0, 0.05) is 18.6 Å². The van der Waals surface area contributed by atoms with Gasteiger partial charge in [0.25, 0.3) is 0 Å². The quantitative estimate of drug-likeness (QED) is 0.616. The van der Waals surface area contributed by atoms with E-state index in [4.69, 9.17) is 10.2 Å². The van der Waals surface area contributed by atoms with Crippen molar-refractivity contribution in [3.8, 4) is 0 Å². The van der Waals surface area contributed by atoms with E-state index in [9.17, 15) is 19.2 Å². The fraction of sp³-hybridized carbons (Fsp3) is 0.600. The molecule has 0 radical (unpaired) electrons. The highest BCUT2D eigenvalue weighted by atomic mass is 32.2. The summed E-state index contributed by atoms with van der Waals surface area (Å²) in [5.74, 6) is -2.02. The number of hydrogen-bond donors (Lipinski definition) is 3. The Hall–Kier alpha value is -1.57. The SMILES string of the molecule is CCC(N)=O.O=C(O)CCSC(=O)CCC(=O)O. The van der Waals surface area contributed by atoms with Crippen LogP contribution in [0.15, 0.2) is 0 Å². The van der Waals surface area contributed by atoms with Crippen molar-refractivity contribution in [1.82, 2.24) is 0 Å². The Morgan fingerprint density at radius 2 is 1.44 bits per heavy atom. The first kappa shape index (κ1) is 18.8. The highest BCUT2D eigenvalue weighted by Crippen LogP contribution is 2.08. The summed E-state index contributed by atoms with van der Waals surface area (Å²) in [5.41, 5.74) is 4.65. The molecule has 0 aliphatic heterocycles. The van der Waals surface area contributed by atoms with Crippen molar-refractivity contribution < 1.29 is 29.4 Å². The third-order valence-electron chi connectivity index (χ3n) is 1.47. The molecule has 18 heavy (non-hydrogen) atoms. The molecule has 0 saturated heterocycles. The number of thioether (sulfide) groups is 1. The van der Waals surface area contributed by atoms with Gasteiger partial charge < -0.3 is 15.9 Å². The molecule has 1 amide bonds. The van der Waals surface area contributed by atoms with Crippen LogP contribution in [-0.4, -0.2) is 38.9 Å². The van der Waals surface area contributed by atoms with Gasteiger partial charge in [0.2, 0.25) is 5.91 Å². The number of carboxylic acids is 2. The van der Waals surface area contributed by atoms with Crippen LogP contribution in [-0.2, 0) is 19.2 Å². The van der Waals surface area contributed by atoms with Crippen molar-refractivity contribution in [3.63, 3.8) is 0 Å². The topological polar surface area (TPSA) is 135 Å². The normalized spacial score (nSPS) is 8.94. The summed E-state index contributed by atoms with van der Waals surface area (Å²) in [4.78, 5) is 40.5. The van der Waals surface area contributed by atoms with Crippen LogP contribution in [0, 0.1) is 0 Å². The molecule has 4 N–H and O–H groups in total. The molecule has 0 bridgehead atoms. The molecule has 0 aliphatic rings. The molecule has 0 rings (SSSR count). The Bertz CT molecular complexity index is 305. The van der Waals surface area contributed by atoms with Crippen molar-refractivity contribution >= 4 is 34.7 Å². The summed E-state index contributed by atoms with van der Waals surface area (Å²) in [5, 5.41) is 16.2. The Morgan fingerprint density at radius 1 is 1.00 bits per heavy atom. The third-order valence-corrected chi connectivity index (χ3v) is 2.40. The van der Waals surface area contributed by atoms with Gasteiger partial charge >= 0.3 is 11.9 Å². The minimum absolute atomic E-state index is 0.0420. The van der Waals surface area contributed by atoms with Gasteiger partial charge in [-0.25, -0.2) is 0 Å². The second kappa shape index (κ2) is 11.9. The number of rotatable bonds is 7. The smallest absolute Gasteiger partial charge is 0.304 e. The fourth-order valence-electron chi connectivity index (χ4n) is 0.533.